The summed E-state index contributed by atoms with van der Waals surface area (Å²) in [5, 5.41) is 4.43. The lowest BCUT2D eigenvalue weighted by Gasteiger charge is -2.32. The molecular weight excluding hydrogens is 289 g/mol. The zero-order chi connectivity index (χ0) is 16.8. The van der Waals surface area contributed by atoms with E-state index in [1.165, 1.54) is 5.56 Å². The smallest absolute Gasteiger partial charge is 0.399 e. The zero-order valence-corrected chi connectivity index (χ0v) is 14.5. The summed E-state index contributed by atoms with van der Waals surface area (Å²) in [5.74, 6) is 0. The molecule has 2 N–H and O–H groups in total. The second-order valence-electron chi connectivity index (χ2n) is 7.25. The maximum atomic E-state index is 6.06. The number of aromatic nitrogens is 2. The van der Waals surface area contributed by atoms with E-state index in [1.54, 1.807) is 0 Å². The normalized spacial score (nSPS) is 19.3. The fourth-order valence-corrected chi connectivity index (χ4v) is 2.59. The van der Waals surface area contributed by atoms with Crippen LogP contribution in [0.1, 0.15) is 38.8 Å². The van der Waals surface area contributed by atoms with Gasteiger partial charge in [-0.1, -0.05) is 12.1 Å². The molecule has 0 saturated carbocycles. The summed E-state index contributed by atoms with van der Waals surface area (Å²) in [4.78, 5) is 0. The van der Waals surface area contributed by atoms with Crippen LogP contribution in [0.25, 0.3) is 0 Å². The number of hydrogen-bond acceptors (Lipinski definition) is 4. The second-order valence-corrected chi connectivity index (χ2v) is 7.25. The monoisotopic (exact) mass is 313 g/mol. The van der Waals surface area contributed by atoms with Gasteiger partial charge in [0.05, 0.1) is 17.7 Å². The van der Waals surface area contributed by atoms with Gasteiger partial charge in [-0.05, 0) is 51.8 Å². The van der Waals surface area contributed by atoms with Crippen LogP contribution in [-0.2, 0) is 15.9 Å². The molecule has 2 aromatic rings. The molecule has 0 bridgehead atoms. The molecule has 1 aliphatic heterocycles. The van der Waals surface area contributed by atoms with Gasteiger partial charge in [0.15, 0.2) is 0 Å². The zero-order valence-electron chi connectivity index (χ0n) is 14.5. The lowest BCUT2D eigenvalue weighted by atomic mass is 9.82. The van der Waals surface area contributed by atoms with E-state index in [2.05, 4.69) is 38.9 Å². The summed E-state index contributed by atoms with van der Waals surface area (Å²) >= 11 is 0. The number of nitrogen functional groups attached to an aromatic ring is 1. The van der Waals surface area contributed by atoms with Crippen LogP contribution in [0.2, 0.25) is 0 Å². The fourth-order valence-electron chi connectivity index (χ4n) is 2.59. The first kappa shape index (κ1) is 16.1. The molecule has 23 heavy (non-hydrogen) atoms. The van der Waals surface area contributed by atoms with E-state index < -0.39 is 0 Å². The molecule has 2 heterocycles. The summed E-state index contributed by atoms with van der Waals surface area (Å²) in [6.07, 6.45) is 3.79. The molecule has 1 fully saturated rings. The Labute approximate surface area is 137 Å². The van der Waals surface area contributed by atoms with Gasteiger partial charge < -0.3 is 15.0 Å². The highest BCUT2D eigenvalue weighted by molar-refractivity contribution is 6.61. The van der Waals surface area contributed by atoms with E-state index in [9.17, 15) is 0 Å². The van der Waals surface area contributed by atoms with Crippen LogP contribution in [-0.4, -0.2) is 28.1 Å². The quantitative estimate of drug-likeness (QED) is 0.696. The number of hydrogen-bond donors (Lipinski definition) is 1. The van der Waals surface area contributed by atoms with Crippen LogP contribution in [0.3, 0.4) is 0 Å². The van der Waals surface area contributed by atoms with Crippen molar-refractivity contribution in [3.8, 4) is 0 Å². The fraction of sp³-hybridized carbons (Fsp3) is 0.471. The number of nitrogens with two attached hydrogens (primary N) is 1. The molecule has 1 aromatic carbocycles. The highest BCUT2D eigenvalue weighted by Crippen LogP contribution is 2.36. The van der Waals surface area contributed by atoms with Crippen LogP contribution < -0.4 is 11.2 Å². The van der Waals surface area contributed by atoms with Crippen molar-refractivity contribution in [2.45, 2.75) is 52.4 Å². The minimum absolute atomic E-state index is 0.339. The largest absolute Gasteiger partial charge is 0.498 e. The highest BCUT2D eigenvalue weighted by Gasteiger charge is 2.52. The lowest BCUT2D eigenvalue weighted by molar-refractivity contribution is 0.00578. The third kappa shape index (κ3) is 3.01. The predicted octanol–water partition coefficient (Wildman–Crippen LogP) is 2.12. The van der Waals surface area contributed by atoms with Gasteiger partial charge in [-0.15, -0.1) is 0 Å². The van der Waals surface area contributed by atoms with Crippen LogP contribution in [0.4, 0.5) is 5.69 Å². The summed E-state index contributed by atoms with van der Waals surface area (Å²) in [6, 6.07) is 6.05. The minimum atomic E-state index is -0.373. The average Bonchev–Trinajstić information content (AvgIpc) is 2.97. The van der Waals surface area contributed by atoms with Gasteiger partial charge in [-0.3, -0.25) is 4.68 Å². The molecule has 0 atom stereocenters. The van der Waals surface area contributed by atoms with Crippen molar-refractivity contribution in [2.24, 2.45) is 0 Å². The van der Waals surface area contributed by atoms with Crippen molar-refractivity contribution in [1.82, 2.24) is 9.78 Å². The number of anilines is 1. The Morgan fingerprint density at radius 3 is 2.43 bits per heavy atom. The molecule has 0 unspecified atom stereocenters. The Bertz CT molecular complexity index is 708. The summed E-state index contributed by atoms with van der Waals surface area (Å²) in [5.41, 5.74) is 9.19. The average molecular weight is 313 g/mol. The first-order valence-corrected chi connectivity index (χ1v) is 7.91. The number of aryl methyl sites for hydroxylation is 1. The summed E-state index contributed by atoms with van der Waals surface area (Å²) < 4.78 is 14.0. The highest BCUT2D eigenvalue weighted by atomic mass is 16.7. The Morgan fingerprint density at radius 1 is 1.17 bits per heavy atom. The predicted molar refractivity (Wildman–Crippen MR) is 92.6 cm³/mol. The number of benzene rings is 1. The van der Waals surface area contributed by atoms with Crippen LogP contribution in [0.15, 0.2) is 30.6 Å². The molecule has 0 spiro atoms. The third-order valence-corrected chi connectivity index (χ3v) is 4.86. The van der Waals surface area contributed by atoms with Gasteiger partial charge in [-0.25, -0.2) is 0 Å². The minimum Gasteiger partial charge on any atom is -0.399 e. The molecule has 0 aliphatic carbocycles. The van der Waals surface area contributed by atoms with Crippen molar-refractivity contribution < 1.29 is 9.31 Å². The van der Waals surface area contributed by atoms with Crippen molar-refractivity contribution >= 4 is 18.3 Å². The standard InChI is InChI=1S/C17H24BN3O2/c1-12-8-13(6-7-15(12)19)10-21-11-14(9-20-21)18-22-16(2,3)17(4,5)23-18/h6-9,11H,10,19H2,1-5H3. The van der Waals surface area contributed by atoms with Crippen LogP contribution in [0.5, 0.6) is 0 Å². The van der Waals surface area contributed by atoms with Crippen molar-refractivity contribution in [2.75, 3.05) is 5.73 Å². The first-order valence-electron chi connectivity index (χ1n) is 7.91. The Morgan fingerprint density at radius 2 is 1.83 bits per heavy atom. The Balaban J connectivity index is 1.75. The SMILES string of the molecule is Cc1cc(Cn2cc(B3OC(C)(C)C(C)(C)O3)cn2)ccc1N. The van der Waals surface area contributed by atoms with E-state index >= 15 is 0 Å². The van der Waals surface area contributed by atoms with Crippen molar-refractivity contribution in [3.05, 3.63) is 41.7 Å². The molecular formula is C17H24BN3O2. The molecule has 3 rings (SSSR count). The molecule has 122 valence electrons. The Hall–Kier alpha value is -1.79. The maximum Gasteiger partial charge on any atom is 0.498 e. The maximum absolute atomic E-state index is 6.06. The van der Waals surface area contributed by atoms with E-state index in [0.29, 0.717) is 6.54 Å². The number of rotatable bonds is 3. The van der Waals surface area contributed by atoms with E-state index in [0.717, 1.165) is 16.7 Å². The van der Waals surface area contributed by atoms with Crippen molar-refractivity contribution in [3.63, 3.8) is 0 Å². The summed E-state index contributed by atoms with van der Waals surface area (Å²) in [6.45, 7) is 10.9. The van der Waals surface area contributed by atoms with E-state index in [-0.39, 0.29) is 18.3 Å². The molecule has 1 aliphatic rings. The third-order valence-electron chi connectivity index (χ3n) is 4.86. The molecule has 6 heteroatoms. The van der Waals surface area contributed by atoms with E-state index in [1.807, 2.05) is 36.1 Å². The first-order chi connectivity index (χ1) is 10.7. The van der Waals surface area contributed by atoms with Crippen molar-refractivity contribution in [1.29, 1.82) is 0 Å². The lowest BCUT2D eigenvalue weighted by Crippen LogP contribution is -2.41. The molecule has 5 nitrogen and oxygen atoms in total. The topological polar surface area (TPSA) is 62.3 Å². The summed E-state index contributed by atoms with van der Waals surface area (Å²) in [7, 11) is -0.373. The van der Waals surface area contributed by atoms with Crippen LogP contribution >= 0.6 is 0 Å². The van der Waals surface area contributed by atoms with Gasteiger partial charge in [0.1, 0.15) is 0 Å². The molecule has 0 radical (unpaired) electrons. The van der Waals surface area contributed by atoms with Gasteiger partial charge in [0.2, 0.25) is 0 Å². The van der Waals surface area contributed by atoms with Crippen LogP contribution in [0, 0.1) is 6.92 Å². The van der Waals surface area contributed by atoms with Gasteiger partial charge in [0, 0.05) is 23.5 Å². The van der Waals surface area contributed by atoms with E-state index in [4.69, 9.17) is 15.0 Å². The Kier molecular flexibility index (Phi) is 3.77. The second kappa shape index (κ2) is 5.39. The molecule has 1 aromatic heterocycles. The van der Waals surface area contributed by atoms with Gasteiger partial charge >= 0.3 is 7.12 Å². The molecule has 1 saturated heterocycles. The van der Waals surface area contributed by atoms with Gasteiger partial charge in [0.25, 0.3) is 0 Å². The number of nitrogens with zero attached hydrogens (tertiary/aromatic N) is 2. The molecule has 0 amide bonds. The van der Waals surface area contributed by atoms with Gasteiger partial charge in [-0.2, -0.15) is 5.10 Å².